The molecule has 0 radical (unpaired) electrons. The molecule has 2 aromatic heterocycles. The minimum atomic E-state index is -0.255. The van der Waals surface area contributed by atoms with E-state index in [0.717, 1.165) is 23.2 Å². The van der Waals surface area contributed by atoms with Gasteiger partial charge in [0.1, 0.15) is 12.2 Å². The molecule has 1 saturated heterocycles. The Labute approximate surface area is 215 Å². The number of nitrogens with zero attached hydrogens (tertiary/aromatic N) is 4. The number of likely N-dealkylation sites (tertiary alicyclic amines) is 1. The summed E-state index contributed by atoms with van der Waals surface area (Å²) >= 11 is 12.5. The lowest BCUT2D eigenvalue weighted by molar-refractivity contribution is 0.0769. The van der Waals surface area contributed by atoms with Crippen LogP contribution < -0.4 is 4.74 Å². The van der Waals surface area contributed by atoms with E-state index >= 15 is 0 Å². The first kappa shape index (κ1) is 25.0. The number of rotatable bonds is 6. The highest BCUT2D eigenvalue weighted by Crippen LogP contribution is 2.38. The Kier molecular flexibility index (Phi) is 7.59. The summed E-state index contributed by atoms with van der Waals surface area (Å²) in [4.78, 5) is 24.0. The molecule has 180 valence electrons. The van der Waals surface area contributed by atoms with E-state index in [1.807, 2.05) is 43.9 Å². The molecule has 1 amide bonds. The van der Waals surface area contributed by atoms with Gasteiger partial charge in [0, 0.05) is 49.1 Å². The highest BCUT2D eigenvalue weighted by molar-refractivity contribution is 6.42. The summed E-state index contributed by atoms with van der Waals surface area (Å²) in [7, 11) is 0. The van der Waals surface area contributed by atoms with Crippen molar-refractivity contribution in [3.8, 4) is 11.9 Å². The number of carbonyl (C=O) groups is 1. The van der Waals surface area contributed by atoms with Crippen LogP contribution in [0.4, 0.5) is 0 Å². The third-order valence-electron chi connectivity index (χ3n) is 6.57. The fourth-order valence-corrected chi connectivity index (χ4v) is 4.94. The molecular formula is C27H26Cl2N4O2. The van der Waals surface area contributed by atoms with Crippen molar-refractivity contribution in [2.75, 3.05) is 13.1 Å². The van der Waals surface area contributed by atoms with E-state index in [1.165, 1.54) is 6.20 Å². The number of hydrogen-bond donors (Lipinski definition) is 0. The molecule has 35 heavy (non-hydrogen) atoms. The minimum absolute atomic E-state index is 0.00827. The van der Waals surface area contributed by atoms with Crippen molar-refractivity contribution >= 4 is 29.1 Å². The number of halogens is 2. The van der Waals surface area contributed by atoms with E-state index in [1.54, 1.807) is 24.4 Å². The fourth-order valence-electron chi connectivity index (χ4n) is 4.63. The molecule has 6 nitrogen and oxygen atoms in total. The normalized spacial score (nSPS) is 18.2. The zero-order valence-electron chi connectivity index (χ0n) is 19.8. The monoisotopic (exact) mass is 508 g/mol. The van der Waals surface area contributed by atoms with Gasteiger partial charge >= 0.3 is 0 Å². The molecule has 1 aliphatic heterocycles. The van der Waals surface area contributed by atoms with Crippen LogP contribution in [-0.4, -0.2) is 40.0 Å². The van der Waals surface area contributed by atoms with Crippen LogP contribution >= 0.6 is 23.2 Å². The Hall–Kier alpha value is -3.14. The standard InChI is InChI=1S/C27H26Cl2N4O2/c1-4-25-16(2)9-20(13-31-25)27(34)33-14-21(17(3)35-26-8-5-18(11-30)12-32-26)22(15-33)19-6-7-23(28)24(29)10-19/h5-10,12-13,17,21-22H,4,14-15H2,1-3H3/t17-,21?,22+/m0/s1. The third kappa shape index (κ3) is 5.42. The van der Waals surface area contributed by atoms with Crippen molar-refractivity contribution in [1.29, 1.82) is 5.26 Å². The van der Waals surface area contributed by atoms with E-state index in [4.69, 9.17) is 33.2 Å². The molecule has 3 atom stereocenters. The summed E-state index contributed by atoms with van der Waals surface area (Å²) in [5.41, 5.74) is 4.05. The van der Waals surface area contributed by atoms with Crippen LogP contribution in [0.25, 0.3) is 0 Å². The van der Waals surface area contributed by atoms with E-state index in [-0.39, 0.29) is 23.8 Å². The van der Waals surface area contributed by atoms with Crippen LogP contribution in [0.3, 0.4) is 0 Å². The van der Waals surface area contributed by atoms with E-state index in [0.29, 0.717) is 40.1 Å². The second-order valence-corrected chi connectivity index (χ2v) is 9.63. The number of benzene rings is 1. The van der Waals surface area contributed by atoms with Gasteiger partial charge in [-0.15, -0.1) is 0 Å². The topological polar surface area (TPSA) is 79.1 Å². The summed E-state index contributed by atoms with van der Waals surface area (Å²) in [6.45, 7) is 7.04. The van der Waals surface area contributed by atoms with Gasteiger partial charge in [-0.05, 0) is 55.7 Å². The lowest BCUT2D eigenvalue weighted by Gasteiger charge is -2.25. The van der Waals surface area contributed by atoms with Gasteiger partial charge in [0.05, 0.1) is 21.2 Å². The highest BCUT2D eigenvalue weighted by Gasteiger charge is 2.40. The molecule has 1 unspecified atom stereocenters. The lowest BCUT2D eigenvalue weighted by Crippen LogP contribution is -2.32. The Morgan fingerprint density at radius 1 is 1.17 bits per heavy atom. The van der Waals surface area contributed by atoms with Gasteiger partial charge in [-0.1, -0.05) is 36.2 Å². The molecule has 1 fully saturated rings. The second kappa shape index (κ2) is 10.6. The Balaban J connectivity index is 1.61. The number of hydrogen-bond acceptors (Lipinski definition) is 5. The van der Waals surface area contributed by atoms with Gasteiger partial charge in [-0.25, -0.2) is 4.98 Å². The Bertz CT molecular complexity index is 1270. The molecular weight excluding hydrogens is 483 g/mol. The third-order valence-corrected chi connectivity index (χ3v) is 7.31. The summed E-state index contributed by atoms with van der Waals surface area (Å²) in [5, 5.41) is 9.98. The van der Waals surface area contributed by atoms with Crippen LogP contribution in [0, 0.1) is 24.2 Å². The maximum atomic E-state index is 13.4. The predicted octanol–water partition coefficient (Wildman–Crippen LogP) is 5.85. The number of amides is 1. The molecule has 0 spiro atoms. The number of aryl methyl sites for hydroxylation is 2. The predicted molar refractivity (Wildman–Crippen MR) is 136 cm³/mol. The molecule has 0 N–H and O–H groups in total. The molecule has 1 aromatic carbocycles. The van der Waals surface area contributed by atoms with Gasteiger partial charge in [0.25, 0.3) is 5.91 Å². The molecule has 3 heterocycles. The van der Waals surface area contributed by atoms with Gasteiger partial charge in [0.15, 0.2) is 0 Å². The number of pyridine rings is 2. The SMILES string of the molecule is CCc1ncc(C(=O)N2CC([C@H](C)Oc3ccc(C#N)cn3)[C@@H](c3ccc(Cl)c(Cl)c3)C2)cc1C. The molecule has 0 bridgehead atoms. The fraction of sp³-hybridized carbons (Fsp3) is 0.333. The maximum absolute atomic E-state index is 13.4. The van der Waals surface area contributed by atoms with Crippen molar-refractivity contribution in [3.05, 3.63) is 86.8 Å². The van der Waals surface area contributed by atoms with Gasteiger partial charge in [-0.3, -0.25) is 9.78 Å². The zero-order valence-corrected chi connectivity index (χ0v) is 21.3. The average Bonchev–Trinajstić information content (AvgIpc) is 3.31. The zero-order chi connectivity index (χ0) is 25.1. The van der Waals surface area contributed by atoms with Crippen molar-refractivity contribution in [3.63, 3.8) is 0 Å². The van der Waals surface area contributed by atoms with E-state index < -0.39 is 0 Å². The van der Waals surface area contributed by atoms with Crippen LogP contribution in [0.1, 0.15) is 52.5 Å². The molecule has 4 rings (SSSR count). The minimum Gasteiger partial charge on any atom is -0.474 e. The smallest absolute Gasteiger partial charge is 0.255 e. The van der Waals surface area contributed by atoms with Crippen molar-refractivity contribution < 1.29 is 9.53 Å². The van der Waals surface area contributed by atoms with Crippen LogP contribution in [0.5, 0.6) is 5.88 Å². The van der Waals surface area contributed by atoms with Gasteiger partial charge in [-0.2, -0.15) is 5.26 Å². The second-order valence-electron chi connectivity index (χ2n) is 8.82. The maximum Gasteiger partial charge on any atom is 0.255 e. The summed E-state index contributed by atoms with van der Waals surface area (Å²) in [6.07, 6.45) is 3.72. The van der Waals surface area contributed by atoms with E-state index in [9.17, 15) is 4.79 Å². The largest absolute Gasteiger partial charge is 0.474 e. The molecule has 0 aliphatic carbocycles. The first-order chi connectivity index (χ1) is 16.8. The average molecular weight is 509 g/mol. The lowest BCUT2D eigenvalue weighted by atomic mass is 9.86. The van der Waals surface area contributed by atoms with E-state index in [2.05, 4.69) is 16.0 Å². The molecule has 1 aliphatic rings. The number of ether oxygens (including phenoxy) is 1. The first-order valence-electron chi connectivity index (χ1n) is 11.5. The van der Waals surface area contributed by atoms with Crippen molar-refractivity contribution in [2.45, 2.75) is 39.2 Å². The number of nitriles is 1. The number of aromatic nitrogens is 2. The summed E-state index contributed by atoms with van der Waals surface area (Å²) in [6, 6.07) is 12.9. The summed E-state index contributed by atoms with van der Waals surface area (Å²) < 4.78 is 6.16. The summed E-state index contributed by atoms with van der Waals surface area (Å²) in [5.74, 6) is 0.354. The van der Waals surface area contributed by atoms with Crippen LogP contribution in [0.15, 0.2) is 48.8 Å². The molecule has 3 aromatic rings. The van der Waals surface area contributed by atoms with Gasteiger partial charge < -0.3 is 9.64 Å². The number of carbonyl (C=O) groups excluding carboxylic acids is 1. The van der Waals surface area contributed by atoms with Crippen molar-refractivity contribution in [2.24, 2.45) is 5.92 Å². The highest BCUT2D eigenvalue weighted by atomic mass is 35.5. The van der Waals surface area contributed by atoms with Gasteiger partial charge in [0.2, 0.25) is 5.88 Å². The molecule has 8 heteroatoms. The quantitative estimate of drug-likeness (QED) is 0.417. The first-order valence-corrected chi connectivity index (χ1v) is 12.3. The molecule has 0 saturated carbocycles. The Morgan fingerprint density at radius 3 is 2.60 bits per heavy atom. The van der Waals surface area contributed by atoms with Crippen LogP contribution in [-0.2, 0) is 6.42 Å². The Morgan fingerprint density at radius 2 is 1.97 bits per heavy atom. The van der Waals surface area contributed by atoms with Crippen LogP contribution in [0.2, 0.25) is 10.0 Å². The van der Waals surface area contributed by atoms with Crippen molar-refractivity contribution in [1.82, 2.24) is 14.9 Å².